The minimum atomic E-state index is -4.08. The number of allylic oxidation sites excluding steroid dienone is 2. The molecule has 0 saturated heterocycles. The van der Waals surface area contributed by atoms with Gasteiger partial charge in [0, 0.05) is 8.95 Å². The van der Waals surface area contributed by atoms with Gasteiger partial charge in [-0.1, -0.05) is 73.8 Å². The van der Waals surface area contributed by atoms with E-state index in [9.17, 15) is 13.2 Å². The Morgan fingerprint density at radius 3 is 2.03 bits per heavy atom. The van der Waals surface area contributed by atoms with Crippen molar-refractivity contribution in [1.29, 1.82) is 0 Å². The molecule has 1 heterocycles. The molecule has 4 rings (SSSR count). The second-order valence-corrected chi connectivity index (χ2v) is 11.6. The number of carbonyl (C=O) groups excluding carboxylic acids is 1. The van der Waals surface area contributed by atoms with E-state index in [1.807, 2.05) is 55.5 Å². The summed E-state index contributed by atoms with van der Waals surface area (Å²) in [5.41, 5.74) is 2.99. The van der Waals surface area contributed by atoms with Gasteiger partial charge in [-0.25, -0.2) is 13.2 Å². The van der Waals surface area contributed by atoms with Crippen LogP contribution in [0.3, 0.4) is 0 Å². The van der Waals surface area contributed by atoms with E-state index in [-0.39, 0.29) is 17.1 Å². The minimum Gasteiger partial charge on any atom is -0.463 e. The third-order valence-electron chi connectivity index (χ3n) is 5.60. The van der Waals surface area contributed by atoms with Crippen molar-refractivity contribution in [1.82, 2.24) is 4.31 Å². The highest BCUT2D eigenvalue weighted by atomic mass is 79.9. The molecule has 0 bridgehead atoms. The molecule has 0 aliphatic carbocycles. The first-order valence-electron chi connectivity index (χ1n) is 10.9. The van der Waals surface area contributed by atoms with Gasteiger partial charge in [0.25, 0.3) is 10.0 Å². The van der Waals surface area contributed by atoms with Crippen molar-refractivity contribution in [2.24, 2.45) is 0 Å². The highest BCUT2D eigenvalue weighted by Gasteiger charge is 2.41. The summed E-state index contributed by atoms with van der Waals surface area (Å²) in [7, 11) is -4.08. The summed E-state index contributed by atoms with van der Waals surface area (Å²) in [5.74, 6) is -0.560. The minimum absolute atomic E-state index is 0.137. The molecule has 8 heteroatoms. The third-order valence-corrected chi connectivity index (χ3v) is 8.45. The zero-order chi connectivity index (χ0) is 25.2. The number of hydrogen-bond acceptors (Lipinski definition) is 4. The van der Waals surface area contributed by atoms with E-state index in [4.69, 9.17) is 4.74 Å². The fraction of sp³-hybridized carbons (Fsp3) is 0.148. The Morgan fingerprint density at radius 2 is 1.46 bits per heavy atom. The van der Waals surface area contributed by atoms with Crippen molar-refractivity contribution >= 4 is 53.5 Å². The Kier molecular flexibility index (Phi) is 7.64. The van der Waals surface area contributed by atoms with Crippen molar-refractivity contribution in [3.8, 4) is 0 Å². The van der Waals surface area contributed by atoms with Gasteiger partial charge in [-0.2, -0.15) is 0 Å². The molecule has 35 heavy (non-hydrogen) atoms. The second-order valence-electron chi connectivity index (χ2n) is 7.97. The molecule has 3 aromatic rings. The average molecular weight is 617 g/mol. The number of rotatable bonds is 6. The number of nitrogens with zero attached hydrogens (tertiary/aromatic N) is 1. The van der Waals surface area contributed by atoms with Crippen LogP contribution in [0.25, 0.3) is 5.70 Å². The van der Waals surface area contributed by atoms with Crippen molar-refractivity contribution in [2.75, 3.05) is 6.61 Å². The van der Waals surface area contributed by atoms with Gasteiger partial charge in [0.1, 0.15) is 6.04 Å². The number of carbonyl (C=O) groups is 1. The van der Waals surface area contributed by atoms with Gasteiger partial charge in [0.2, 0.25) is 0 Å². The molecule has 1 unspecified atom stereocenters. The predicted octanol–water partition coefficient (Wildman–Crippen LogP) is 6.80. The van der Waals surface area contributed by atoms with E-state index in [0.717, 1.165) is 14.5 Å². The van der Waals surface area contributed by atoms with E-state index in [1.54, 1.807) is 43.3 Å². The van der Waals surface area contributed by atoms with Gasteiger partial charge in [0.15, 0.2) is 0 Å². The van der Waals surface area contributed by atoms with Crippen molar-refractivity contribution in [3.63, 3.8) is 0 Å². The Hall–Kier alpha value is -2.68. The zero-order valence-electron chi connectivity index (χ0n) is 19.1. The van der Waals surface area contributed by atoms with E-state index >= 15 is 0 Å². The van der Waals surface area contributed by atoms with Gasteiger partial charge in [-0.05, 0) is 73.5 Å². The molecule has 0 amide bonds. The molecule has 5 nitrogen and oxygen atoms in total. The highest BCUT2D eigenvalue weighted by Crippen LogP contribution is 2.43. The summed E-state index contributed by atoms with van der Waals surface area (Å²) in [5, 5.41) is 0. The fourth-order valence-corrected chi connectivity index (χ4v) is 6.06. The van der Waals surface area contributed by atoms with Gasteiger partial charge in [-0.3, -0.25) is 4.31 Å². The van der Waals surface area contributed by atoms with Crippen molar-refractivity contribution in [3.05, 3.63) is 116 Å². The van der Waals surface area contributed by atoms with Crippen LogP contribution in [0.5, 0.6) is 0 Å². The standard InChI is InChI=1S/C27H23Br2NO4S/c1-3-34-27(31)24-16-17-25(19-6-10-21(28)11-7-19)30(26(24)20-8-12-22(29)13-9-20)35(32,33)23-14-4-18(2)5-15-23/h4-17,26H,3H2,1-2H3. The molecular formula is C27H23Br2NO4S. The Balaban J connectivity index is 1.98. The first kappa shape index (κ1) is 25.4. The molecule has 0 fully saturated rings. The van der Waals surface area contributed by atoms with Crippen LogP contribution in [0.1, 0.15) is 29.7 Å². The lowest BCUT2D eigenvalue weighted by atomic mass is 9.94. The van der Waals surface area contributed by atoms with Crippen LogP contribution in [0.2, 0.25) is 0 Å². The van der Waals surface area contributed by atoms with Gasteiger partial charge in [-0.15, -0.1) is 0 Å². The summed E-state index contributed by atoms with van der Waals surface area (Å²) in [6, 6.07) is 20.4. The van der Waals surface area contributed by atoms with Crippen LogP contribution < -0.4 is 0 Å². The summed E-state index contributed by atoms with van der Waals surface area (Å²) >= 11 is 6.88. The summed E-state index contributed by atoms with van der Waals surface area (Å²) < 4.78 is 36.8. The summed E-state index contributed by atoms with van der Waals surface area (Å²) in [6.45, 7) is 3.80. The van der Waals surface area contributed by atoms with Crippen LogP contribution in [0.15, 0.2) is 104 Å². The molecule has 3 aromatic carbocycles. The SMILES string of the molecule is CCOC(=O)C1=CC=C(c2ccc(Br)cc2)N(S(=O)(=O)c2ccc(C)cc2)C1c1ccc(Br)cc1. The molecule has 0 radical (unpaired) electrons. The largest absolute Gasteiger partial charge is 0.463 e. The number of benzene rings is 3. The number of halogens is 2. The molecule has 0 saturated carbocycles. The quantitative estimate of drug-likeness (QED) is 0.286. The Morgan fingerprint density at radius 1 is 0.886 bits per heavy atom. The number of ether oxygens (including phenoxy) is 1. The van der Waals surface area contributed by atoms with E-state index in [1.165, 1.54) is 4.31 Å². The molecule has 1 atom stereocenters. The summed E-state index contributed by atoms with van der Waals surface area (Å²) in [6.07, 6.45) is 3.32. The number of esters is 1. The van der Waals surface area contributed by atoms with Gasteiger partial charge in [0.05, 0.1) is 22.8 Å². The Bertz CT molecular complexity index is 1400. The van der Waals surface area contributed by atoms with Gasteiger partial charge >= 0.3 is 5.97 Å². The lowest BCUT2D eigenvalue weighted by Crippen LogP contribution is -2.38. The third kappa shape index (κ3) is 5.29. The second kappa shape index (κ2) is 10.5. The predicted molar refractivity (Wildman–Crippen MR) is 144 cm³/mol. The average Bonchev–Trinajstić information content (AvgIpc) is 2.84. The molecule has 180 valence electrons. The van der Waals surface area contributed by atoms with E-state index in [0.29, 0.717) is 16.8 Å². The van der Waals surface area contributed by atoms with Crippen LogP contribution in [-0.4, -0.2) is 25.3 Å². The van der Waals surface area contributed by atoms with Crippen LogP contribution in [0.4, 0.5) is 0 Å². The van der Waals surface area contributed by atoms with E-state index in [2.05, 4.69) is 31.9 Å². The normalized spacial score (nSPS) is 15.9. The maximum atomic E-state index is 14.2. The summed E-state index contributed by atoms with van der Waals surface area (Å²) in [4.78, 5) is 13.2. The monoisotopic (exact) mass is 615 g/mol. The van der Waals surface area contributed by atoms with Crippen LogP contribution >= 0.6 is 31.9 Å². The lowest BCUT2D eigenvalue weighted by Gasteiger charge is -2.38. The number of sulfonamides is 1. The molecule has 0 spiro atoms. The van der Waals surface area contributed by atoms with Crippen molar-refractivity contribution < 1.29 is 17.9 Å². The first-order valence-corrected chi connectivity index (χ1v) is 14.0. The van der Waals surface area contributed by atoms with E-state index < -0.39 is 22.0 Å². The lowest BCUT2D eigenvalue weighted by molar-refractivity contribution is -0.139. The molecule has 0 aromatic heterocycles. The number of aryl methyl sites for hydroxylation is 1. The van der Waals surface area contributed by atoms with Crippen molar-refractivity contribution in [2.45, 2.75) is 24.8 Å². The molecule has 1 aliphatic rings. The fourth-order valence-electron chi connectivity index (χ4n) is 3.89. The molecule has 1 aliphatic heterocycles. The molecule has 0 N–H and O–H groups in total. The maximum absolute atomic E-state index is 14.2. The first-order chi connectivity index (χ1) is 16.7. The zero-order valence-corrected chi connectivity index (χ0v) is 23.1. The van der Waals surface area contributed by atoms with Crippen LogP contribution in [0, 0.1) is 6.92 Å². The molecular weight excluding hydrogens is 594 g/mol. The number of hydrogen-bond donors (Lipinski definition) is 0. The van der Waals surface area contributed by atoms with Gasteiger partial charge < -0.3 is 4.74 Å². The topological polar surface area (TPSA) is 63.7 Å². The Labute approximate surface area is 222 Å². The smallest absolute Gasteiger partial charge is 0.336 e. The maximum Gasteiger partial charge on any atom is 0.336 e. The highest BCUT2D eigenvalue weighted by molar-refractivity contribution is 9.10. The van der Waals surface area contributed by atoms with Crippen LogP contribution in [-0.2, 0) is 19.6 Å².